The van der Waals surface area contributed by atoms with E-state index in [-0.39, 0.29) is 17.5 Å². The van der Waals surface area contributed by atoms with Crippen LogP contribution in [0.2, 0.25) is 0 Å². The molecule has 4 rings (SSSR count). The first-order chi connectivity index (χ1) is 12.2. The normalized spacial score (nSPS) is 20.9. The van der Waals surface area contributed by atoms with E-state index in [4.69, 9.17) is 9.15 Å². The van der Waals surface area contributed by atoms with E-state index in [9.17, 15) is 9.59 Å². The number of rotatable bonds is 3. The summed E-state index contributed by atoms with van der Waals surface area (Å²) in [7, 11) is 0. The van der Waals surface area contributed by atoms with Crippen LogP contribution in [0.5, 0.6) is 0 Å². The highest BCUT2D eigenvalue weighted by molar-refractivity contribution is 7.99. The van der Waals surface area contributed by atoms with Crippen molar-refractivity contribution in [2.45, 2.75) is 6.04 Å². The molecular weight excluding hydrogens is 344 g/mol. The molecule has 1 atom stereocenters. The molecule has 2 aromatic heterocycles. The molecule has 25 heavy (non-hydrogen) atoms. The smallest absolute Gasteiger partial charge is 0.275 e. The number of H-pyrrole nitrogens is 1. The maximum absolute atomic E-state index is 12.8. The number of nitrogens with zero attached hydrogens (tertiary/aromatic N) is 3. The van der Waals surface area contributed by atoms with Crippen LogP contribution in [-0.2, 0) is 9.53 Å². The van der Waals surface area contributed by atoms with Crippen molar-refractivity contribution in [2.75, 3.05) is 37.9 Å². The third kappa shape index (κ3) is 3.16. The number of thioether (sulfide) groups is 1. The fourth-order valence-electron chi connectivity index (χ4n) is 2.98. The lowest BCUT2D eigenvalue weighted by atomic mass is 10.2. The zero-order chi connectivity index (χ0) is 17.2. The van der Waals surface area contributed by atoms with Gasteiger partial charge in [-0.25, -0.2) is 0 Å². The Morgan fingerprint density at radius 2 is 2.16 bits per heavy atom. The first-order valence-electron chi connectivity index (χ1n) is 8.08. The van der Waals surface area contributed by atoms with Gasteiger partial charge in [-0.05, 0) is 12.1 Å². The van der Waals surface area contributed by atoms with Crippen molar-refractivity contribution >= 4 is 23.6 Å². The third-order valence-corrected chi connectivity index (χ3v) is 5.35. The fraction of sp³-hybridized carbons (Fsp3) is 0.438. The molecule has 4 heterocycles. The van der Waals surface area contributed by atoms with Gasteiger partial charge in [-0.2, -0.15) is 5.10 Å². The number of furan rings is 1. The molecule has 1 unspecified atom stereocenters. The molecule has 0 radical (unpaired) electrons. The zero-order valence-electron chi connectivity index (χ0n) is 13.5. The molecule has 0 spiro atoms. The molecule has 9 heteroatoms. The van der Waals surface area contributed by atoms with Gasteiger partial charge in [0.05, 0.1) is 25.4 Å². The van der Waals surface area contributed by atoms with Crippen LogP contribution in [0.15, 0.2) is 28.9 Å². The summed E-state index contributed by atoms with van der Waals surface area (Å²) in [5.41, 5.74) is 0.921. The number of nitrogens with one attached hydrogen (secondary N) is 1. The average molecular weight is 362 g/mol. The van der Waals surface area contributed by atoms with E-state index in [0.717, 1.165) is 0 Å². The Kier molecular flexibility index (Phi) is 4.50. The molecule has 2 amide bonds. The number of aromatic nitrogens is 2. The molecule has 0 aliphatic carbocycles. The molecule has 132 valence electrons. The second-order valence-electron chi connectivity index (χ2n) is 5.87. The number of morpholine rings is 1. The molecule has 0 saturated carbocycles. The molecule has 2 aliphatic rings. The number of hydrogen-bond acceptors (Lipinski definition) is 6. The number of amides is 2. The van der Waals surface area contributed by atoms with Crippen molar-refractivity contribution in [2.24, 2.45) is 0 Å². The van der Waals surface area contributed by atoms with Crippen LogP contribution in [0.1, 0.15) is 10.5 Å². The Morgan fingerprint density at radius 3 is 2.92 bits per heavy atom. The highest BCUT2D eigenvalue weighted by Crippen LogP contribution is 2.26. The Balaban J connectivity index is 1.50. The van der Waals surface area contributed by atoms with E-state index in [1.54, 1.807) is 46.0 Å². The summed E-state index contributed by atoms with van der Waals surface area (Å²) in [5, 5.41) is 6.90. The largest absolute Gasteiger partial charge is 0.463 e. The van der Waals surface area contributed by atoms with Crippen LogP contribution in [-0.4, -0.2) is 75.8 Å². The van der Waals surface area contributed by atoms with Crippen molar-refractivity contribution in [3.05, 3.63) is 30.2 Å². The fourth-order valence-corrected chi connectivity index (χ4v) is 4.12. The van der Waals surface area contributed by atoms with Crippen molar-refractivity contribution in [3.63, 3.8) is 0 Å². The van der Waals surface area contributed by atoms with E-state index in [1.165, 1.54) is 0 Å². The highest BCUT2D eigenvalue weighted by atomic mass is 32.2. The molecule has 0 aromatic carbocycles. The van der Waals surface area contributed by atoms with Gasteiger partial charge >= 0.3 is 0 Å². The Bertz CT molecular complexity index is 754. The molecular formula is C16H18N4O4S. The van der Waals surface area contributed by atoms with Gasteiger partial charge in [-0.1, -0.05) is 0 Å². The summed E-state index contributed by atoms with van der Waals surface area (Å²) in [4.78, 5) is 29.0. The van der Waals surface area contributed by atoms with Gasteiger partial charge in [0.2, 0.25) is 5.91 Å². The van der Waals surface area contributed by atoms with Crippen molar-refractivity contribution in [1.29, 1.82) is 0 Å². The minimum Gasteiger partial charge on any atom is -0.463 e. The Morgan fingerprint density at radius 1 is 1.32 bits per heavy atom. The van der Waals surface area contributed by atoms with Crippen molar-refractivity contribution < 1.29 is 18.7 Å². The quantitative estimate of drug-likeness (QED) is 0.877. The monoisotopic (exact) mass is 362 g/mol. The lowest BCUT2D eigenvalue weighted by molar-refractivity contribution is -0.138. The van der Waals surface area contributed by atoms with Crippen LogP contribution in [0, 0.1) is 0 Å². The van der Waals surface area contributed by atoms with Crippen LogP contribution in [0.4, 0.5) is 0 Å². The van der Waals surface area contributed by atoms with Gasteiger partial charge < -0.3 is 19.0 Å². The number of aromatic amines is 1. The summed E-state index contributed by atoms with van der Waals surface area (Å²) >= 11 is 1.58. The van der Waals surface area contributed by atoms with Gasteiger partial charge in [0.15, 0.2) is 11.5 Å². The van der Waals surface area contributed by atoms with Crippen LogP contribution < -0.4 is 0 Å². The first-order valence-corrected chi connectivity index (χ1v) is 9.24. The number of hydrogen-bond donors (Lipinski definition) is 1. The summed E-state index contributed by atoms with van der Waals surface area (Å²) in [6.07, 6.45) is 1.56. The lowest BCUT2D eigenvalue weighted by Crippen LogP contribution is -2.52. The minimum absolute atomic E-state index is 0.0107. The maximum atomic E-state index is 12.8. The SMILES string of the molecule is O=C(C1CSCN1C(=O)c1cc(-c2ccco2)[nH]n1)N1CCOCC1. The van der Waals surface area contributed by atoms with E-state index in [2.05, 4.69) is 10.2 Å². The summed E-state index contributed by atoms with van der Waals surface area (Å²) < 4.78 is 10.6. The highest BCUT2D eigenvalue weighted by Gasteiger charge is 2.38. The van der Waals surface area contributed by atoms with Gasteiger partial charge in [-0.3, -0.25) is 14.7 Å². The Labute approximate surface area is 148 Å². The van der Waals surface area contributed by atoms with E-state index in [0.29, 0.717) is 49.4 Å². The van der Waals surface area contributed by atoms with Gasteiger partial charge in [0.1, 0.15) is 11.7 Å². The van der Waals surface area contributed by atoms with Crippen molar-refractivity contribution in [1.82, 2.24) is 20.0 Å². The molecule has 1 N–H and O–H groups in total. The minimum atomic E-state index is -0.445. The molecule has 2 aromatic rings. The Hall–Kier alpha value is -2.26. The third-order valence-electron chi connectivity index (χ3n) is 4.33. The topological polar surface area (TPSA) is 91.7 Å². The molecule has 2 saturated heterocycles. The van der Waals surface area contributed by atoms with Crippen molar-refractivity contribution in [3.8, 4) is 11.5 Å². The van der Waals surface area contributed by atoms with E-state index in [1.807, 2.05) is 0 Å². The van der Waals surface area contributed by atoms with E-state index >= 15 is 0 Å². The molecule has 0 bridgehead atoms. The summed E-state index contributed by atoms with van der Waals surface area (Å²) in [6, 6.07) is 4.77. The molecule has 2 aliphatic heterocycles. The zero-order valence-corrected chi connectivity index (χ0v) is 14.3. The first kappa shape index (κ1) is 16.2. The van der Waals surface area contributed by atoms with Gasteiger partial charge in [0, 0.05) is 24.9 Å². The molecule has 8 nitrogen and oxygen atoms in total. The summed E-state index contributed by atoms with van der Waals surface area (Å²) in [6.45, 7) is 2.25. The maximum Gasteiger partial charge on any atom is 0.275 e. The molecule has 2 fully saturated rings. The number of carbonyl (C=O) groups is 2. The van der Waals surface area contributed by atoms with Crippen LogP contribution >= 0.6 is 11.8 Å². The number of ether oxygens (including phenoxy) is 1. The van der Waals surface area contributed by atoms with Gasteiger partial charge in [-0.15, -0.1) is 11.8 Å². The standard InChI is InChI=1S/C16H18N4O4S/c21-15(12-8-11(17-18-12)14-2-1-5-24-14)20-10-25-9-13(20)16(22)19-3-6-23-7-4-19/h1-2,5,8,13H,3-4,6-7,9-10H2,(H,17,18). The number of carbonyl (C=O) groups excluding carboxylic acids is 2. The predicted molar refractivity (Wildman–Crippen MR) is 91.0 cm³/mol. The predicted octanol–water partition coefficient (Wildman–Crippen LogP) is 1.04. The van der Waals surface area contributed by atoms with Crippen LogP contribution in [0.25, 0.3) is 11.5 Å². The van der Waals surface area contributed by atoms with E-state index < -0.39 is 6.04 Å². The second kappa shape index (κ2) is 6.93. The van der Waals surface area contributed by atoms with Crippen LogP contribution in [0.3, 0.4) is 0 Å². The lowest BCUT2D eigenvalue weighted by Gasteiger charge is -2.31. The second-order valence-corrected chi connectivity index (χ2v) is 6.87. The summed E-state index contributed by atoms with van der Waals surface area (Å²) in [5.74, 6) is 1.46. The van der Waals surface area contributed by atoms with Gasteiger partial charge in [0.25, 0.3) is 5.91 Å². The average Bonchev–Trinajstić information content (AvgIpc) is 3.42.